The van der Waals surface area contributed by atoms with E-state index in [1.807, 2.05) is 12.1 Å². The van der Waals surface area contributed by atoms with E-state index in [9.17, 15) is 9.18 Å². The van der Waals surface area contributed by atoms with Crippen LogP contribution in [0.15, 0.2) is 42.7 Å². The van der Waals surface area contributed by atoms with Crippen LogP contribution in [-0.2, 0) is 5.41 Å². The first-order valence-electron chi connectivity index (χ1n) is 8.98. The van der Waals surface area contributed by atoms with Crippen molar-refractivity contribution in [2.24, 2.45) is 0 Å². The van der Waals surface area contributed by atoms with Crippen LogP contribution in [0.5, 0.6) is 0 Å². The SMILES string of the molecule is O=C(NCC1(c2ccccc2F)CC1)N1CCN(c2ncccn2)CC1. The number of benzene rings is 1. The molecule has 1 saturated carbocycles. The first-order chi connectivity index (χ1) is 12.7. The van der Waals surface area contributed by atoms with Gasteiger partial charge in [-0.25, -0.2) is 19.2 Å². The summed E-state index contributed by atoms with van der Waals surface area (Å²) in [7, 11) is 0. The van der Waals surface area contributed by atoms with Gasteiger partial charge in [0, 0.05) is 50.5 Å². The van der Waals surface area contributed by atoms with Crippen molar-refractivity contribution < 1.29 is 9.18 Å². The Morgan fingerprint density at radius 2 is 1.77 bits per heavy atom. The third-order valence-electron chi connectivity index (χ3n) is 5.28. The van der Waals surface area contributed by atoms with Crippen LogP contribution in [0.4, 0.5) is 15.1 Å². The highest BCUT2D eigenvalue weighted by Crippen LogP contribution is 2.48. The number of carbonyl (C=O) groups excluding carboxylic acids is 1. The van der Waals surface area contributed by atoms with Crippen LogP contribution >= 0.6 is 0 Å². The number of anilines is 1. The number of carbonyl (C=O) groups is 1. The number of piperazine rings is 1. The molecule has 2 aliphatic rings. The number of hydrogen-bond donors (Lipinski definition) is 1. The molecule has 26 heavy (non-hydrogen) atoms. The summed E-state index contributed by atoms with van der Waals surface area (Å²) in [5, 5.41) is 3.01. The number of nitrogens with one attached hydrogen (secondary N) is 1. The van der Waals surface area contributed by atoms with Crippen molar-refractivity contribution >= 4 is 12.0 Å². The van der Waals surface area contributed by atoms with E-state index in [1.54, 1.807) is 29.4 Å². The second-order valence-corrected chi connectivity index (χ2v) is 6.94. The molecule has 0 atom stereocenters. The average Bonchev–Trinajstić information content (AvgIpc) is 3.48. The molecular weight excluding hydrogens is 333 g/mol. The molecule has 1 aliphatic carbocycles. The lowest BCUT2D eigenvalue weighted by Gasteiger charge is -2.35. The van der Waals surface area contributed by atoms with Crippen LogP contribution in [0.3, 0.4) is 0 Å². The Hall–Kier alpha value is -2.70. The van der Waals surface area contributed by atoms with Crippen LogP contribution in [0.25, 0.3) is 0 Å². The minimum Gasteiger partial charge on any atom is -0.337 e. The van der Waals surface area contributed by atoms with Gasteiger partial charge in [0.05, 0.1) is 0 Å². The summed E-state index contributed by atoms with van der Waals surface area (Å²) in [5.74, 6) is 0.514. The lowest BCUT2D eigenvalue weighted by atomic mass is 9.95. The lowest BCUT2D eigenvalue weighted by molar-refractivity contribution is 0.193. The third kappa shape index (κ3) is 3.34. The van der Waals surface area contributed by atoms with Gasteiger partial charge in [-0.3, -0.25) is 0 Å². The predicted molar refractivity (Wildman–Crippen MR) is 96.5 cm³/mol. The third-order valence-corrected chi connectivity index (χ3v) is 5.28. The molecule has 1 aliphatic heterocycles. The molecule has 4 rings (SSSR count). The zero-order valence-electron chi connectivity index (χ0n) is 14.6. The zero-order valence-corrected chi connectivity index (χ0v) is 14.6. The molecule has 0 bridgehead atoms. The Kier molecular flexibility index (Phi) is 4.44. The second kappa shape index (κ2) is 6.90. The molecule has 1 saturated heterocycles. The van der Waals surface area contributed by atoms with Gasteiger partial charge >= 0.3 is 6.03 Å². The van der Waals surface area contributed by atoms with E-state index in [4.69, 9.17) is 0 Å². The van der Waals surface area contributed by atoms with E-state index in [0.717, 1.165) is 12.8 Å². The maximum absolute atomic E-state index is 14.1. The summed E-state index contributed by atoms with van der Waals surface area (Å²) in [5.41, 5.74) is 0.479. The van der Waals surface area contributed by atoms with Crippen LogP contribution in [0.2, 0.25) is 0 Å². The van der Waals surface area contributed by atoms with Crippen LogP contribution < -0.4 is 10.2 Å². The highest BCUT2D eigenvalue weighted by atomic mass is 19.1. The monoisotopic (exact) mass is 355 g/mol. The standard InChI is InChI=1S/C19H22FN5O/c20-16-5-2-1-4-15(16)19(6-7-19)14-23-18(26)25-12-10-24(11-13-25)17-21-8-3-9-22-17/h1-5,8-9H,6-7,10-14H2,(H,23,26). The minimum atomic E-state index is -0.235. The molecule has 1 N–H and O–H groups in total. The normalized spacial score (nSPS) is 18.5. The van der Waals surface area contributed by atoms with Gasteiger partial charge in [0.15, 0.2) is 0 Å². The Morgan fingerprint density at radius 1 is 1.08 bits per heavy atom. The fraction of sp³-hybridized carbons (Fsp3) is 0.421. The van der Waals surface area contributed by atoms with Crippen LogP contribution in [-0.4, -0.2) is 53.6 Å². The number of nitrogens with zero attached hydrogens (tertiary/aromatic N) is 4. The smallest absolute Gasteiger partial charge is 0.317 e. The number of aromatic nitrogens is 2. The van der Waals surface area contributed by atoms with Gasteiger partial charge < -0.3 is 15.1 Å². The van der Waals surface area contributed by atoms with Crippen molar-refractivity contribution in [1.82, 2.24) is 20.2 Å². The Labute approximate surface area is 152 Å². The Balaban J connectivity index is 1.31. The van der Waals surface area contributed by atoms with E-state index in [1.165, 1.54) is 6.07 Å². The fourth-order valence-electron chi connectivity index (χ4n) is 3.50. The number of rotatable bonds is 4. The maximum atomic E-state index is 14.1. The molecule has 2 heterocycles. The molecule has 2 amide bonds. The van der Waals surface area contributed by atoms with Crippen LogP contribution in [0.1, 0.15) is 18.4 Å². The van der Waals surface area contributed by atoms with Gasteiger partial charge in [-0.2, -0.15) is 0 Å². The zero-order chi connectivity index (χ0) is 18.0. The quantitative estimate of drug-likeness (QED) is 0.913. The van der Waals surface area contributed by atoms with Crippen LogP contribution in [0, 0.1) is 5.82 Å². The molecule has 0 unspecified atom stereocenters. The maximum Gasteiger partial charge on any atom is 0.317 e. The summed E-state index contributed by atoms with van der Waals surface area (Å²) in [6.45, 7) is 3.13. The molecule has 0 spiro atoms. The van der Waals surface area contributed by atoms with Gasteiger partial charge in [0.1, 0.15) is 5.82 Å². The molecule has 2 fully saturated rings. The van der Waals surface area contributed by atoms with Crippen molar-refractivity contribution in [2.45, 2.75) is 18.3 Å². The molecule has 136 valence electrons. The van der Waals surface area contributed by atoms with E-state index < -0.39 is 0 Å². The molecule has 2 aromatic rings. The molecule has 6 nitrogen and oxygen atoms in total. The summed E-state index contributed by atoms with van der Waals surface area (Å²) in [4.78, 5) is 24.9. The van der Waals surface area contributed by atoms with E-state index in [2.05, 4.69) is 20.2 Å². The van der Waals surface area contributed by atoms with Gasteiger partial charge in [0.2, 0.25) is 5.95 Å². The van der Waals surface area contributed by atoms with Crippen molar-refractivity contribution in [3.8, 4) is 0 Å². The van der Waals surface area contributed by atoms with E-state index >= 15 is 0 Å². The lowest BCUT2D eigenvalue weighted by Crippen LogP contribution is -2.53. The predicted octanol–water partition coefficient (Wildman–Crippen LogP) is 2.18. The molecule has 7 heteroatoms. The molecule has 0 radical (unpaired) electrons. The molecular formula is C19H22FN5O. The van der Waals surface area contributed by atoms with Gasteiger partial charge in [-0.05, 0) is 30.5 Å². The number of hydrogen-bond acceptors (Lipinski definition) is 4. The highest BCUT2D eigenvalue weighted by molar-refractivity contribution is 5.74. The van der Waals surface area contributed by atoms with Crippen molar-refractivity contribution in [2.75, 3.05) is 37.6 Å². The summed E-state index contributed by atoms with van der Waals surface area (Å²) >= 11 is 0. The Morgan fingerprint density at radius 3 is 2.42 bits per heavy atom. The van der Waals surface area contributed by atoms with Gasteiger partial charge in [0.25, 0.3) is 0 Å². The Bertz CT molecular complexity index is 773. The highest BCUT2D eigenvalue weighted by Gasteiger charge is 2.46. The van der Waals surface area contributed by atoms with Crippen molar-refractivity contribution in [3.63, 3.8) is 0 Å². The number of urea groups is 1. The first-order valence-corrected chi connectivity index (χ1v) is 8.98. The largest absolute Gasteiger partial charge is 0.337 e. The summed E-state index contributed by atoms with van der Waals surface area (Å²) < 4.78 is 14.1. The van der Waals surface area contributed by atoms with Crippen molar-refractivity contribution in [3.05, 3.63) is 54.1 Å². The van der Waals surface area contributed by atoms with Gasteiger partial charge in [-0.1, -0.05) is 18.2 Å². The summed E-state index contributed by atoms with van der Waals surface area (Å²) in [6, 6.07) is 8.57. The minimum absolute atomic E-state index is 0.0822. The molecule has 1 aromatic carbocycles. The number of amides is 2. The second-order valence-electron chi connectivity index (χ2n) is 6.94. The summed E-state index contributed by atoms with van der Waals surface area (Å²) in [6.07, 6.45) is 5.26. The molecule has 1 aromatic heterocycles. The van der Waals surface area contributed by atoms with Crippen molar-refractivity contribution in [1.29, 1.82) is 0 Å². The van der Waals surface area contributed by atoms with Gasteiger partial charge in [-0.15, -0.1) is 0 Å². The topological polar surface area (TPSA) is 61.4 Å². The first kappa shape index (κ1) is 16.8. The van der Waals surface area contributed by atoms with E-state index in [-0.39, 0.29) is 17.3 Å². The van der Waals surface area contributed by atoms with E-state index in [0.29, 0.717) is 44.2 Å². The fourth-order valence-corrected chi connectivity index (χ4v) is 3.50. The average molecular weight is 355 g/mol. The number of halogens is 1.